The highest BCUT2D eigenvalue weighted by Crippen LogP contribution is 2.43. The molecule has 6 heteroatoms. The van der Waals surface area contributed by atoms with Crippen LogP contribution in [0.15, 0.2) is 0 Å². The average molecular weight is 324 g/mol. The number of amides is 2. The molecule has 4 fully saturated rings. The van der Waals surface area contributed by atoms with Gasteiger partial charge < -0.3 is 14.5 Å². The third-order valence-electron chi connectivity index (χ3n) is 5.96. The molecule has 1 saturated carbocycles. The van der Waals surface area contributed by atoms with Crippen molar-refractivity contribution in [1.82, 2.24) is 9.80 Å². The highest BCUT2D eigenvalue weighted by atomic mass is 19.1. The molecule has 5 nitrogen and oxygen atoms in total. The third kappa shape index (κ3) is 2.75. The third-order valence-corrected chi connectivity index (χ3v) is 5.96. The molecule has 0 aromatic rings. The lowest BCUT2D eigenvalue weighted by Gasteiger charge is -2.45. The summed E-state index contributed by atoms with van der Waals surface area (Å²) < 4.78 is 20.0. The van der Waals surface area contributed by atoms with E-state index < -0.39 is 5.67 Å². The van der Waals surface area contributed by atoms with Gasteiger partial charge in [0.05, 0.1) is 6.10 Å². The molecule has 23 heavy (non-hydrogen) atoms. The normalized spacial score (nSPS) is 35.8. The first kappa shape index (κ1) is 15.4. The van der Waals surface area contributed by atoms with Crippen LogP contribution in [0.2, 0.25) is 0 Å². The van der Waals surface area contributed by atoms with Gasteiger partial charge in [0.2, 0.25) is 5.91 Å². The van der Waals surface area contributed by atoms with E-state index in [-0.39, 0.29) is 29.8 Å². The highest BCUT2D eigenvalue weighted by molar-refractivity contribution is 5.88. The lowest BCUT2D eigenvalue weighted by molar-refractivity contribution is -0.158. The van der Waals surface area contributed by atoms with Gasteiger partial charge in [-0.3, -0.25) is 9.59 Å². The van der Waals surface area contributed by atoms with Gasteiger partial charge in [-0.2, -0.15) is 0 Å². The van der Waals surface area contributed by atoms with Crippen molar-refractivity contribution in [2.45, 2.75) is 50.3 Å². The summed E-state index contributed by atoms with van der Waals surface area (Å²) in [6, 6.07) is 0. The van der Waals surface area contributed by atoms with Crippen molar-refractivity contribution in [3.63, 3.8) is 0 Å². The Morgan fingerprint density at radius 3 is 2.48 bits per heavy atom. The minimum absolute atomic E-state index is 0.0249. The predicted octanol–water partition coefficient (Wildman–Crippen LogP) is 1.36. The van der Waals surface area contributed by atoms with Gasteiger partial charge in [-0.15, -0.1) is 0 Å². The monoisotopic (exact) mass is 324 g/mol. The van der Waals surface area contributed by atoms with Gasteiger partial charge in [0, 0.05) is 44.6 Å². The van der Waals surface area contributed by atoms with Crippen LogP contribution in [0.1, 0.15) is 38.5 Å². The van der Waals surface area contributed by atoms with E-state index in [4.69, 9.17) is 4.74 Å². The fraction of sp³-hybridized carbons (Fsp3) is 0.882. The number of rotatable bonds is 2. The number of carbonyl (C=O) groups is 2. The molecule has 0 radical (unpaired) electrons. The number of fused-ring (bicyclic) bond motifs is 1. The molecular weight excluding hydrogens is 299 g/mol. The molecule has 0 spiro atoms. The van der Waals surface area contributed by atoms with Crippen LogP contribution in [0.5, 0.6) is 0 Å². The number of ether oxygens (including phenoxy) is 1. The Kier molecular flexibility index (Phi) is 3.82. The van der Waals surface area contributed by atoms with Crippen LogP contribution < -0.4 is 0 Å². The van der Waals surface area contributed by atoms with Crippen LogP contribution in [-0.2, 0) is 14.3 Å². The molecule has 0 aromatic carbocycles. The minimum Gasteiger partial charge on any atom is -0.378 e. The first-order valence-electron chi connectivity index (χ1n) is 8.97. The quantitative estimate of drug-likeness (QED) is 0.771. The van der Waals surface area contributed by atoms with Crippen molar-refractivity contribution in [2.75, 3.05) is 32.8 Å². The summed E-state index contributed by atoms with van der Waals surface area (Å²) in [5, 5.41) is 0. The first-order chi connectivity index (χ1) is 11.1. The van der Waals surface area contributed by atoms with Crippen molar-refractivity contribution < 1.29 is 18.7 Å². The molecule has 0 aromatic heterocycles. The second-order valence-corrected chi connectivity index (χ2v) is 7.51. The Morgan fingerprint density at radius 2 is 1.78 bits per heavy atom. The van der Waals surface area contributed by atoms with E-state index >= 15 is 0 Å². The van der Waals surface area contributed by atoms with Crippen molar-refractivity contribution in [2.24, 2.45) is 11.8 Å². The molecule has 0 unspecified atom stereocenters. The van der Waals surface area contributed by atoms with Crippen molar-refractivity contribution in [3.05, 3.63) is 0 Å². The standard InChI is InChI=1S/C17H25FN2O3/c18-17(5-6-17)16(22)20-9-3-14-13(11-20)12(4-10-23-14)15(21)19-7-1-2-8-19/h12-14H,1-11H2/t12-,13+,14-/m1/s1. The number of hydrogen-bond acceptors (Lipinski definition) is 3. The van der Waals surface area contributed by atoms with Gasteiger partial charge in [0.25, 0.3) is 5.91 Å². The molecule has 1 aliphatic carbocycles. The van der Waals surface area contributed by atoms with E-state index in [9.17, 15) is 14.0 Å². The zero-order valence-electron chi connectivity index (χ0n) is 13.5. The van der Waals surface area contributed by atoms with E-state index in [0.717, 1.165) is 38.8 Å². The SMILES string of the molecule is O=C([C@@H]1CCO[C@@H]2CCN(C(=O)C3(F)CC3)C[C@H]21)N1CCCC1. The molecule has 128 valence electrons. The molecule has 3 aliphatic heterocycles. The molecule has 0 N–H and O–H groups in total. The Balaban J connectivity index is 1.47. The van der Waals surface area contributed by atoms with E-state index in [1.807, 2.05) is 4.90 Å². The average Bonchev–Trinajstić information content (AvgIpc) is 3.11. The van der Waals surface area contributed by atoms with E-state index in [0.29, 0.717) is 32.5 Å². The number of hydrogen-bond donors (Lipinski definition) is 0. The number of halogens is 1. The maximum absolute atomic E-state index is 14.1. The molecule has 4 aliphatic rings. The van der Waals surface area contributed by atoms with Crippen LogP contribution in [0.3, 0.4) is 0 Å². The van der Waals surface area contributed by atoms with Gasteiger partial charge in [-0.1, -0.05) is 0 Å². The van der Waals surface area contributed by atoms with Gasteiger partial charge in [0.15, 0.2) is 5.67 Å². The number of nitrogens with zero attached hydrogens (tertiary/aromatic N) is 2. The maximum atomic E-state index is 14.1. The summed E-state index contributed by atoms with van der Waals surface area (Å²) in [5.41, 5.74) is -1.61. The maximum Gasteiger partial charge on any atom is 0.260 e. The van der Waals surface area contributed by atoms with Crippen LogP contribution in [0.4, 0.5) is 4.39 Å². The number of piperidine rings is 1. The van der Waals surface area contributed by atoms with Gasteiger partial charge in [0.1, 0.15) is 0 Å². The summed E-state index contributed by atoms with van der Waals surface area (Å²) in [5.74, 6) is -0.195. The summed E-state index contributed by atoms with van der Waals surface area (Å²) in [6.07, 6.45) is 4.34. The van der Waals surface area contributed by atoms with E-state index in [1.54, 1.807) is 4.90 Å². The van der Waals surface area contributed by atoms with E-state index in [2.05, 4.69) is 0 Å². The van der Waals surface area contributed by atoms with Crippen LogP contribution in [0, 0.1) is 11.8 Å². The van der Waals surface area contributed by atoms with Crippen LogP contribution >= 0.6 is 0 Å². The number of alkyl halides is 1. The second kappa shape index (κ2) is 5.72. The van der Waals surface area contributed by atoms with Gasteiger partial charge in [-0.25, -0.2) is 4.39 Å². The zero-order valence-corrected chi connectivity index (χ0v) is 13.5. The fourth-order valence-electron chi connectivity index (χ4n) is 4.38. The first-order valence-corrected chi connectivity index (χ1v) is 8.97. The predicted molar refractivity (Wildman–Crippen MR) is 81.4 cm³/mol. The molecule has 2 amide bonds. The molecule has 0 bridgehead atoms. The number of carbonyl (C=O) groups excluding carboxylic acids is 2. The minimum atomic E-state index is -1.61. The smallest absolute Gasteiger partial charge is 0.260 e. The Hall–Kier alpha value is -1.17. The van der Waals surface area contributed by atoms with Crippen LogP contribution in [-0.4, -0.2) is 66.2 Å². The number of likely N-dealkylation sites (tertiary alicyclic amines) is 2. The van der Waals surface area contributed by atoms with Crippen molar-refractivity contribution in [1.29, 1.82) is 0 Å². The fourth-order valence-corrected chi connectivity index (χ4v) is 4.38. The molecule has 3 saturated heterocycles. The van der Waals surface area contributed by atoms with Gasteiger partial charge in [-0.05, 0) is 38.5 Å². The molecule has 3 heterocycles. The largest absolute Gasteiger partial charge is 0.378 e. The van der Waals surface area contributed by atoms with Crippen molar-refractivity contribution >= 4 is 11.8 Å². The lowest BCUT2D eigenvalue weighted by atomic mass is 9.78. The zero-order chi connectivity index (χ0) is 16.0. The van der Waals surface area contributed by atoms with Gasteiger partial charge >= 0.3 is 0 Å². The van der Waals surface area contributed by atoms with Crippen molar-refractivity contribution in [3.8, 4) is 0 Å². The summed E-state index contributed by atoms with van der Waals surface area (Å²) in [6.45, 7) is 3.34. The summed E-state index contributed by atoms with van der Waals surface area (Å²) in [4.78, 5) is 28.7. The Bertz CT molecular complexity index is 502. The molecule has 3 atom stereocenters. The van der Waals surface area contributed by atoms with Crippen LogP contribution in [0.25, 0.3) is 0 Å². The molecular formula is C17H25FN2O3. The topological polar surface area (TPSA) is 49.9 Å². The molecule has 4 rings (SSSR count). The van der Waals surface area contributed by atoms with E-state index in [1.165, 1.54) is 0 Å². The summed E-state index contributed by atoms with van der Waals surface area (Å²) in [7, 11) is 0. The Labute approximate surface area is 136 Å². The highest BCUT2D eigenvalue weighted by Gasteiger charge is 2.54. The Morgan fingerprint density at radius 1 is 1.04 bits per heavy atom. The lowest BCUT2D eigenvalue weighted by Crippen LogP contribution is -2.56. The second-order valence-electron chi connectivity index (χ2n) is 7.51. The summed E-state index contributed by atoms with van der Waals surface area (Å²) >= 11 is 0.